The average molecular weight is 339 g/mol. The molecule has 5 heteroatoms. The molecule has 0 atom stereocenters. The number of benzene rings is 1. The van der Waals surface area contributed by atoms with Crippen LogP contribution in [0.4, 0.5) is 0 Å². The quantitative estimate of drug-likeness (QED) is 0.789. The van der Waals surface area contributed by atoms with Gasteiger partial charge in [0.1, 0.15) is 5.54 Å². The van der Waals surface area contributed by atoms with E-state index in [2.05, 4.69) is 15.9 Å². The molecule has 1 aliphatic heterocycles. The van der Waals surface area contributed by atoms with Crippen LogP contribution in [-0.2, 0) is 4.79 Å². The summed E-state index contributed by atoms with van der Waals surface area (Å²) in [5.74, 6) is -0.136. The summed E-state index contributed by atoms with van der Waals surface area (Å²) in [4.78, 5) is 28.3. The number of nitrogens with zero attached hydrogens (tertiary/aromatic N) is 2. The van der Waals surface area contributed by atoms with E-state index in [9.17, 15) is 9.59 Å². The van der Waals surface area contributed by atoms with Crippen molar-refractivity contribution in [2.24, 2.45) is 0 Å². The van der Waals surface area contributed by atoms with Gasteiger partial charge in [-0.25, -0.2) is 0 Å². The highest BCUT2D eigenvalue weighted by Crippen LogP contribution is 2.27. The van der Waals surface area contributed by atoms with Crippen LogP contribution in [0.5, 0.6) is 0 Å². The Balaban J connectivity index is 2.35. The second-order valence-electron chi connectivity index (χ2n) is 5.73. The standard InChI is InChI=1S/C15H19BrN2O2/c1-10-5-6-11(12(16)9-10)13(19)18-8-7-17(4)14(20)15(18,2)3/h5-6,9H,7-8H2,1-4H3. The van der Waals surface area contributed by atoms with Gasteiger partial charge in [-0.05, 0) is 54.4 Å². The molecule has 0 bridgehead atoms. The van der Waals surface area contributed by atoms with E-state index in [4.69, 9.17) is 0 Å². The Morgan fingerprint density at radius 2 is 1.95 bits per heavy atom. The van der Waals surface area contributed by atoms with Crippen molar-refractivity contribution < 1.29 is 9.59 Å². The fraction of sp³-hybridized carbons (Fsp3) is 0.467. The summed E-state index contributed by atoms with van der Waals surface area (Å²) in [5, 5.41) is 0. The Morgan fingerprint density at radius 3 is 2.55 bits per heavy atom. The molecular weight excluding hydrogens is 320 g/mol. The highest BCUT2D eigenvalue weighted by molar-refractivity contribution is 9.10. The van der Waals surface area contributed by atoms with Crippen LogP contribution in [0, 0.1) is 6.92 Å². The fourth-order valence-corrected chi connectivity index (χ4v) is 3.17. The number of amides is 2. The first-order chi connectivity index (χ1) is 9.25. The third-order valence-electron chi connectivity index (χ3n) is 3.80. The van der Waals surface area contributed by atoms with Crippen molar-refractivity contribution >= 4 is 27.7 Å². The summed E-state index contributed by atoms with van der Waals surface area (Å²) in [7, 11) is 1.77. The lowest BCUT2D eigenvalue weighted by Gasteiger charge is -2.44. The number of halogens is 1. The summed E-state index contributed by atoms with van der Waals surface area (Å²) < 4.78 is 0.768. The number of rotatable bonds is 1. The van der Waals surface area contributed by atoms with E-state index in [0.717, 1.165) is 10.0 Å². The third-order valence-corrected chi connectivity index (χ3v) is 4.46. The van der Waals surface area contributed by atoms with Gasteiger partial charge in [0.15, 0.2) is 0 Å². The summed E-state index contributed by atoms with van der Waals surface area (Å²) in [6, 6.07) is 5.63. The Kier molecular flexibility index (Phi) is 3.91. The monoisotopic (exact) mass is 338 g/mol. The average Bonchev–Trinajstić information content (AvgIpc) is 2.35. The zero-order chi connectivity index (χ0) is 15.1. The minimum Gasteiger partial charge on any atom is -0.342 e. The first-order valence-corrected chi connectivity index (χ1v) is 7.38. The van der Waals surface area contributed by atoms with E-state index in [1.54, 1.807) is 36.8 Å². The fourth-order valence-electron chi connectivity index (χ4n) is 2.51. The van der Waals surface area contributed by atoms with Gasteiger partial charge in [-0.3, -0.25) is 9.59 Å². The lowest BCUT2D eigenvalue weighted by Crippen LogP contribution is -2.63. The molecule has 4 nitrogen and oxygen atoms in total. The first-order valence-electron chi connectivity index (χ1n) is 6.59. The smallest absolute Gasteiger partial charge is 0.255 e. The molecule has 108 valence electrons. The number of piperazine rings is 1. The van der Waals surface area contributed by atoms with Crippen LogP contribution in [0.1, 0.15) is 29.8 Å². The predicted octanol–water partition coefficient (Wildman–Crippen LogP) is 2.45. The topological polar surface area (TPSA) is 40.6 Å². The molecule has 0 saturated carbocycles. The molecule has 1 fully saturated rings. The van der Waals surface area contributed by atoms with Gasteiger partial charge in [-0.15, -0.1) is 0 Å². The van der Waals surface area contributed by atoms with Gasteiger partial charge in [0.05, 0.1) is 5.56 Å². The SMILES string of the molecule is Cc1ccc(C(=O)N2CCN(C)C(=O)C2(C)C)c(Br)c1. The molecule has 1 aliphatic rings. The van der Waals surface area contributed by atoms with Gasteiger partial charge in [-0.1, -0.05) is 6.07 Å². The molecule has 2 rings (SSSR count). The minimum atomic E-state index is -0.811. The van der Waals surface area contributed by atoms with Crippen molar-refractivity contribution in [1.82, 2.24) is 9.80 Å². The summed E-state index contributed by atoms with van der Waals surface area (Å²) in [6.07, 6.45) is 0. The highest BCUT2D eigenvalue weighted by Gasteiger charge is 2.43. The van der Waals surface area contributed by atoms with Gasteiger partial charge in [0, 0.05) is 24.6 Å². The van der Waals surface area contributed by atoms with E-state index in [1.165, 1.54) is 0 Å². The molecule has 0 radical (unpaired) electrons. The molecule has 0 N–H and O–H groups in total. The molecule has 1 aromatic carbocycles. The molecule has 2 amide bonds. The molecule has 1 aromatic rings. The van der Waals surface area contributed by atoms with Crippen molar-refractivity contribution in [1.29, 1.82) is 0 Å². The number of carbonyl (C=O) groups excluding carboxylic acids is 2. The maximum atomic E-state index is 12.7. The van der Waals surface area contributed by atoms with E-state index in [-0.39, 0.29) is 11.8 Å². The largest absolute Gasteiger partial charge is 0.342 e. The molecule has 0 spiro atoms. The first kappa shape index (κ1) is 15.0. The van der Waals surface area contributed by atoms with Gasteiger partial charge < -0.3 is 9.80 Å². The van der Waals surface area contributed by atoms with Crippen LogP contribution in [0.25, 0.3) is 0 Å². The Bertz CT molecular complexity index is 569. The maximum Gasteiger partial charge on any atom is 0.255 e. The van der Waals surface area contributed by atoms with Crippen LogP contribution in [0.15, 0.2) is 22.7 Å². The van der Waals surface area contributed by atoms with Gasteiger partial charge in [-0.2, -0.15) is 0 Å². The Hall–Kier alpha value is -1.36. The predicted molar refractivity (Wildman–Crippen MR) is 81.6 cm³/mol. The van der Waals surface area contributed by atoms with Gasteiger partial charge >= 0.3 is 0 Å². The third kappa shape index (κ3) is 2.46. The molecule has 0 aromatic heterocycles. The van der Waals surface area contributed by atoms with Crippen molar-refractivity contribution in [3.63, 3.8) is 0 Å². The minimum absolute atomic E-state index is 0.0275. The molecule has 1 saturated heterocycles. The lowest BCUT2D eigenvalue weighted by molar-refractivity contribution is -0.144. The van der Waals surface area contributed by atoms with Crippen molar-refractivity contribution in [3.05, 3.63) is 33.8 Å². The second-order valence-corrected chi connectivity index (χ2v) is 6.58. The number of aryl methyl sites for hydroxylation is 1. The van der Waals surface area contributed by atoms with E-state index < -0.39 is 5.54 Å². The number of likely N-dealkylation sites (N-methyl/N-ethyl adjacent to an activating group) is 1. The Labute approximate surface area is 127 Å². The molecule has 20 heavy (non-hydrogen) atoms. The van der Waals surface area contributed by atoms with Crippen LogP contribution < -0.4 is 0 Å². The normalized spacial score (nSPS) is 18.4. The molecule has 1 heterocycles. The number of hydrogen-bond donors (Lipinski definition) is 0. The Morgan fingerprint density at radius 1 is 1.30 bits per heavy atom. The summed E-state index contributed by atoms with van der Waals surface area (Å²) in [5.41, 5.74) is 0.872. The van der Waals surface area contributed by atoms with Crippen LogP contribution >= 0.6 is 15.9 Å². The van der Waals surface area contributed by atoms with Crippen LogP contribution in [-0.4, -0.2) is 47.3 Å². The zero-order valence-corrected chi connectivity index (χ0v) is 13.8. The van der Waals surface area contributed by atoms with Crippen LogP contribution in [0.2, 0.25) is 0 Å². The highest BCUT2D eigenvalue weighted by atomic mass is 79.9. The van der Waals surface area contributed by atoms with Gasteiger partial charge in [0.2, 0.25) is 5.91 Å². The summed E-state index contributed by atoms with van der Waals surface area (Å²) >= 11 is 3.44. The maximum absolute atomic E-state index is 12.7. The van der Waals surface area contributed by atoms with E-state index in [0.29, 0.717) is 18.7 Å². The molecule has 0 aliphatic carbocycles. The van der Waals surface area contributed by atoms with Crippen LogP contribution in [0.3, 0.4) is 0 Å². The van der Waals surface area contributed by atoms with Crippen molar-refractivity contribution in [3.8, 4) is 0 Å². The van der Waals surface area contributed by atoms with Crippen molar-refractivity contribution in [2.45, 2.75) is 26.3 Å². The summed E-state index contributed by atoms with van der Waals surface area (Å²) in [6.45, 7) is 6.68. The number of hydrogen-bond acceptors (Lipinski definition) is 2. The lowest BCUT2D eigenvalue weighted by atomic mass is 9.96. The zero-order valence-electron chi connectivity index (χ0n) is 12.2. The molecule has 0 unspecified atom stereocenters. The molecular formula is C15H19BrN2O2. The van der Waals surface area contributed by atoms with E-state index >= 15 is 0 Å². The van der Waals surface area contributed by atoms with E-state index in [1.807, 2.05) is 19.1 Å². The second kappa shape index (κ2) is 5.20. The van der Waals surface area contributed by atoms with Gasteiger partial charge in [0.25, 0.3) is 5.91 Å². The van der Waals surface area contributed by atoms with Crippen molar-refractivity contribution in [2.75, 3.05) is 20.1 Å². The number of carbonyl (C=O) groups is 2.